The molecule has 0 bridgehead atoms. The molecule has 2 heterocycles. The predicted octanol–water partition coefficient (Wildman–Crippen LogP) is 2.67. The zero-order valence-electron chi connectivity index (χ0n) is 13.3. The molecule has 0 saturated heterocycles. The van der Waals surface area contributed by atoms with Gasteiger partial charge in [0.05, 0.1) is 18.5 Å². The molecular weight excluding hydrogens is 292 g/mol. The van der Waals surface area contributed by atoms with Crippen LogP contribution in [0.15, 0.2) is 42.7 Å². The van der Waals surface area contributed by atoms with Crippen molar-refractivity contribution in [3.05, 3.63) is 53.9 Å². The SMILES string of the molecule is COC(=O)N(C)c1cccc2c1CN(Nc1ccncc1)CC2. The molecule has 3 rings (SSSR count). The lowest BCUT2D eigenvalue weighted by molar-refractivity contribution is 0.180. The molecule has 1 N–H and O–H groups in total. The number of fused-ring (bicyclic) bond motifs is 1. The van der Waals surface area contributed by atoms with Crippen molar-refractivity contribution in [2.45, 2.75) is 13.0 Å². The van der Waals surface area contributed by atoms with Crippen LogP contribution in [0.5, 0.6) is 0 Å². The largest absolute Gasteiger partial charge is 0.452 e. The van der Waals surface area contributed by atoms with Gasteiger partial charge in [0.2, 0.25) is 0 Å². The quantitative estimate of drug-likeness (QED) is 0.944. The monoisotopic (exact) mass is 312 g/mol. The highest BCUT2D eigenvalue weighted by Crippen LogP contribution is 2.29. The molecule has 0 saturated carbocycles. The number of hydrogen-bond acceptors (Lipinski definition) is 5. The Morgan fingerprint density at radius 3 is 2.83 bits per heavy atom. The predicted molar refractivity (Wildman–Crippen MR) is 89.2 cm³/mol. The van der Waals surface area contributed by atoms with Gasteiger partial charge in [-0.15, -0.1) is 0 Å². The summed E-state index contributed by atoms with van der Waals surface area (Å²) in [6.45, 7) is 1.62. The molecule has 1 amide bonds. The number of anilines is 2. The zero-order chi connectivity index (χ0) is 16.2. The molecule has 6 nitrogen and oxygen atoms in total. The highest BCUT2D eigenvalue weighted by molar-refractivity contribution is 5.88. The summed E-state index contributed by atoms with van der Waals surface area (Å²) in [5.41, 5.74) is 7.69. The Kier molecular flexibility index (Phi) is 4.43. The third kappa shape index (κ3) is 3.27. The number of benzene rings is 1. The normalized spacial score (nSPS) is 14.0. The first-order valence-electron chi connectivity index (χ1n) is 7.53. The summed E-state index contributed by atoms with van der Waals surface area (Å²) in [6, 6.07) is 9.92. The number of rotatable bonds is 3. The molecule has 120 valence electrons. The van der Waals surface area contributed by atoms with E-state index in [2.05, 4.69) is 21.5 Å². The van der Waals surface area contributed by atoms with Gasteiger partial charge in [-0.1, -0.05) is 12.1 Å². The van der Waals surface area contributed by atoms with Gasteiger partial charge >= 0.3 is 6.09 Å². The topological polar surface area (TPSA) is 57.7 Å². The van der Waals surface area contributed by atoms with Gasteiger partial charge < -0.3 is 10.2 Å². The fourth-order valence-electron chi connectivity index (χ4n) is 2.82. The Hall–Kier alpha value is -2.60. The van der Waals surface area contributed by atoms with E-state index in [-0.39, 0.29) is 6.09 Å². The van der Waals surface area contributed by atoms with Gasteiger partial charge in [-0.05, 0) is 35.7 Å². The minimum Gasteiger partial charge on any atom is -0.452 e. The average Bonchev–Trinajstić information content (AvgIpc) is 2.60. The molecule has 0 radical (unpaired) electrons. The van der Waals surface area contributed by atoms with Crippen molar-refractivity contribution in [2.24, 2.45) is 0 Å². The van der Waals surface area contributed by atoms with E-state index >= 15 is 0 Å². The highest BCUT2D eigenvalue weighted by Gasteiger charge is 2.22. The van der Waals surface area contributed by atoms with E-state index in [4.69, 9.17) is 4.74 Å². The second kappa shape index (κ2) is 6.66. The van der Waals surface area contributed by atoms with Gasteiger partial charge in [0, 0.05) is 32.5 Å². The molecule has 0 unspecified atom stereocenters. The number of aromatic nitrogens is 1. The third-order valence-corrected chi connectivity index (χ3v) is 4.03. The van der Waals surface area contributed by atoms with Crippen molar-refractivity contribution in [3.63, 3.8) is 0 Å². The molecule has 0 atom stereocenters. The summed E-state index contributed by atoms with van der Waals surface area (Å²) in [4.78, 5) is 17.4. The van der Waals surface area contributed by atoms with E-state index in [1.807, 2.05) is 24.3 Å². The minimum absolute atomic E-state index is 0.363. The van der Waals surface area contributed by atoms with Crippen LogP contribution in [0.3, 0.4) is 0 Å². The van der Waals surface area contributed by atoms with E-state index < -0.39 is 0 Å². The summed E-state index contributed by atoms with van der Waals surface area (Å²) < 4.78 is 4.83. The van der Waals surface area contributed by atoms with Crippen LogP contribution in [0.4, 0.5) is 16.2 Å². The maximum atomic E-state index is 11.8. The molecular formula is C17H20N4O2. The first-order valence-corrected chi connectivity index (χ1v) is 7.53. The summed E-state index contributed by atoms with van der Waals surface area (Å²) >= 11 is 0. The molecule has 1 aromatic carbocycles. The second-order valence-corrected chi connectivity index (χ2v) is 5.46. The standard InChI is InChI=1S/C17H20N4O2/c1-20(17(22)23-2)16-5-3-4-13-8-11-21(12-15(13)16)19-14-6-9-18-10-7-14/h3-7,9-10H,8,11-12H2,1-2H3,(H,18,19). The average molecular weight is 312 g/mol. The molecule has 23 heavy (non-hydrogen) atoms. The third-order valence-electron chi connectivity index (χ3n) is 4.03. The highest BCUT2D eigenvalue weighted by atomic mass is 16.5. The van der Waals surface area contributed by atoms with Crippen molar-refractivity contribution in [1.29, 1.82) is 0 Å². The van der Waals surface area contributed by atoms with Crippen LogP contribution < -0.4 is 10.3 Å². The van der Waals surface area contributed by atoms with Gasteiger partial charge in [0.25, 0.3) is 0 Å². The Morgan fingerprint density at radius 2 is 2.09 bits per heavy atom. The number of ether oxygens (including phenoxy) is 1. The molecule has 0 aliphatic carbocycles. The second-order valence-electron chi connectivity index (χ2n) is 5.46. The Balaban J connectivity index is 1.83. The number of pyridine rings is 1. The van der Waals surface area contributed by atoms with Crippen LogP contribution in [-0.4, -0.2) is 36.8 Å². The number of methoxy groups -OCH3 is 1. The first-order chi connectivity index (χ1) is 11.2. The molecule has 0 spiro atoms. The van der Waals surface area contributed by atoms with Crippen LogP contribution in [0.1, 0.15) is 11.1 Å². The molecule has 1 aliphatic heterocycles. The molecule has 1 aromatic heterocycles. The number of hydrogen-bond donors (Lipinski definition) is 1. The van der Waals surface area contributed by atoms with Crippen molar-refractivity contribution in [2.75, 3.05) is 31.0 Å². The maximum Gasteiger partial charge on any atom is 0.413 e. The first kappa shape index (κ1) is 15.3. The number of amides is 1. The fourth-order valence-corrected chi connectivity index (χ4v) is 2.82. The molecule has 1 aliphatic rings. The summed E-state index contributed by atoms with van der Waals surface area (Å²) in [7, 11) is 3.13. The molecule has 0 fully saturated rings. The van der Waals surface area contributed by atoms with Crippen LogP contribution in [0, 0.1) is 0 Å². The molecule has 2 aromatic rings. The van der Waals surface area contributed by atoms with Crippen molar-refractivity contribution < 1.29 is 9.53 Å². The summed E-state index contributed by atoms with van der Waals surface area (Å²) in [5.74, 6) is 0. The lowest BCUT2D eigenvalue weighted by atomic mass is 9.98. The van der Waals surface area contributed by atoms with Gasteiger partial charge in [0.1, 0.15) is 0 Å². The Labute approximate surface area is 135 Å². The van der Waals surface area contributed by atoms with Gasteiger partial charge in [-0.25, -0.2) is 9.80 Å². The smallest absolute Gasteiger partial charge is 0.413 e. The lowest BCUT2D eigenvalue weighted by Crippen LogP contribution is -2.37. The fraction of sp³-hybridized carbons (Fsp3) is 0.294. The van der Waals surface area contributed by atoms with Gasteiger partial charge in [0.15, 0.2) is 0 Å². The Bertz CT molecular complexity index is 690. The number of carbonyl (C=O) groups is 1. The van der Waals surface area contributed by atoms with Crippen LogP contribution >= 0.6 is 0 Å². The summed E-state index contributed by atoms with van der Waals surface area (Å²) in [5, 5.41) is 2.15. The van der Waals surface area contributed by atoms with E-state index in [1.54, 1.807) is 24.3 Å². The Morgan fingerprint density at radius 1 is 1.30 bits per heavy atom. The van der Waals surface area contributed by atoms with E-state index in [9.17, 15) is 4.79 Å². The zero-order valence-corrected chi connectivity index (χ0v) is 13.3. The molecule has 6 heteroatoms. The number of nitrogens with one attached hydrogen (secondary N) is 1. The maximum absolute atomic E-state index is 11.8. The van der Waals surface area contributed by atoms with E-state index in [0.29, 0.717) is 0 Å². The van der Waals surface area contributed by atoms with Crippen LogP contribution in [0.2, 0.25) is 0 Å². The van der Waals surface area contributed by atoms with E-state index in [1.165, 1.54) is 12.7 Å². The van der Waals surface area contributed by atoms with Gasteiger partial charge in [-0.3, -0.25) is 9.88 Å². The summed E-state index contributed by atoms with van der Waals surface area (Å²) in [6.07, 6.45) is 4.08. The van der Waals surface area contributed by atoms with Crippen molar-refractivity contribution in [1.82, 2.24) is 9.99 Å². The number of carbonyl (C=O) groups excluding carboxylic acids is 1. The van der Waals surface area contributed by atoms with Crippen LogP contribution in [0.25, 0.3) is 0 Å². The van der Waals surface area contributed by atoms with E-state index in [0.717, 1.165) is 36.4 Å². The number of nitrogens with zero attached hydrogens (tertiary/aromatic N) is 3. The van der Waals surface area contributed by atoms with Crippen molar-refractivity contribution >= 4 is 17.5 Å². The van der Waals surface area contributed by atoms with Crippen molar-refractivity contribution in [3.8, 4) is 0 Å². The lowest BCUT2D eigenvalue weighted by Gasteiger charge is -2.32. The van der Waals surface area contributed by atoms with Crippen LogP contribution in [-0.2, 0) is 17.7 Å². The number of hydrazine groups is 1. The van der Waals surface area contributed by atoms with Gasteiger partial charge in [-0.2, -0.15) is 0 Å². The minimum atomic E-state index is -0.363.